The third-order valence-corrected chi connectivity index (χ3v) is 3.54. The molecule has 3 nitrogen and oxygen atoms in total. The molecule has 1 aromatic rings. The van der Waals surface area contributed by atoms with Crippen LogP contribution >= 0.6 is 0 Å². The Morgan fingerprint density at radius 1 is 1.33 bits per heavy atom. The van der Waals surface area contributed by atoms with Gasteiger partial charge in [-0.1, -0.05) is 30.3 Å². The molecule has 0 radical (unpaired) electrons. The van der Waals surface area contributed by atoms with Crippen LogP contribution in [0.3, 0.4) is 0 Å². The molecular weight excluding hydrogens is 224 g/mol. The van der Waals surface area contributed by atoms with E-state index in [1.54, 1.807) is 0 Å². The highest BCUT2D eigenvalue weighted by Gasteiger charge is 2.28. The number of benzene rings is 1. The summed E-state index contributed by atoms with van der Waals surface area (Å²) in [6, 6.07) is 10.6. The predicted molar refractivity (Wildman–Crippen MR) is 74.7 cm³/mol. The van der Waals surface area contributed by atoms with E-state index in [0.717, 1.165) is 26.2 Å². The molecule has 0 aliphatic carbocycles. The first-order valence-corrected chi connectivity index (χ1v) is 6.72. The Balaban J connectivity index is 1.98. The fourth-order valence-electron chi connectivity index (χ4n) is 2.62. The van der Waals surface area contributed by atoms with Crippen LogP contribution in [0.15, 0.2) is 30.3 Å². The molecule has 0 amide bonds. The monoisotopic (exact) mass is 248 g/mol. The van der Waals surface area contributed by atoms with Crippen molar-refractivity contribution in [3.05, 3.63) is 35.9 Å². The summed E-state index contributed by atoms with van der Waals surface area (Å²) < 4.78 is 5.74. The van der Waals surface area contributed by atoms with Crippen molar-refractivity contribution in [1.29, 1.82) is 0 Å². The molecule has 2 N–H and O–H groups in total. The molecule has 2 rings (SSSR count). The van der Waals surface area contributed by atoms with Crippen molar-refractivity contribution in [3.63, 3.8) is 0 Å². The first-order valence-electron chi connectivity index (χ1n) is 6.72. The van der Waals surface area contributed by atoms with Crippen LogP contribution in [0.4, 0.5) is 0 Å². The Kier molecular flexibility index (Phi) is 4.38. The molecule has 1 heterocycles. The first kappa shape index (κ1) is 13.5. The van der Waals surface area contributed by atoms with E-state index >= 15 is 0 Å². The quantitative estimate of drug-likeness (QED) is 0.883. The van der Waals surface area contributed by atoms with Crippen molar-refractivity contribution in [2.45, 2.75) is 25.4 Å². The molecule has 0 spiro atoms. The van der Waals surface area contributed by atoms with Crippen molar-refractivity contribution in [2.24, 2.45) is 5.73 Å². The maximum absolute atomic E-state index is 5.93. The van der Waals surface area contributed by atoms with Crippen molar-refractivity contribution < 1.29 is 4.74 Å². The summed E-state index contributed by atoms with van der Waals surface area (Å²) in [6.07, 6.45) is 0. The molecule has 1 saturated heterocycles. The van der Waals surface area contributed by atoms with E-state index < -0.39 is 0 Å². The van der Waals surface area contributed by atoms with E-state index in [0.29, 0.717) is 12.5 Å². The molecule has 1 atom stereocenters. The minimum absolute atomic E-state index is 0.0336. The van der Waals surface area contributed by atoms with Gasteiger partial charge in [-0.25, -0.2) is 0 Å². The molecule has 18 heavy (non-hydrogen) atoms. The van der Waals surface area contributed by atoms with Gasteiger partial charge in [0.15, 0.2) is 0 Å². The lowest BCUT2D eigenvalue weighted by molar-refractivity contribution is -0.0869. The summed E-state index contributed by atoms with van der Waals surface area (Å²) in [6.45, 7) is 8.83. The highest BCUT2D eigenvalue weighted by atomic mass is 16.5. The summed E-state index contributed by atoms with van der Waals surface area (Å²) in [5.74, 6) is 0.417. The molecule has 1 fully saturated rings. The Morgan fingerprint density at radius 2 is 2.06 bits per heavy atom. The van der Waals surface area contributed by atoms with Gasteiger partial charge in [-0.15, -0.1) is 0 Å². The minimum Gasteiger partial charge on any atom is -0.373 e. The molecule has 1 unspecified atom stereocenters. The zero-order chi connectivity index (χ0) is 13.0. The lowest BCUT2D eigenvalue weighted by Crippen LogP contribution is -2.49. The van der Waals surface area contributed by atoms with Gasteiger partial charge >= 0.3 is 0 Å². The van der Waals surface area contributed by atoms with Crippen molar-refractivity contribution in [3.8, 4) is 0 Å². The van der Waals surface area contributed by atoms with Gasteiger partial charge in [0.2, 0.25) is 0 Å². The normalized spacial score (nSPS) is 21.7. The number of nitrogens with zero attached hydrogens (tertiary/aromatic N) is 1. The molecule has 0 bridgehead atoms. The first-order chi connectivity index (χ1) is 8.61. The van der Waals surface area contributed by atoms with Crippen molar-refractivity contribution in [2.75, 3.05) is 32.8 Å². The second-order valence-corrected chi connectivity index (χ2v) is 5.69. The van der Waals surface area contributed by atoms with Crippen LogP contribution in [-0.4, -0.2) is 43.3 Å². The summed E-state index contributed by atoms with van der Waals surface area (Å²) >= 11 is 0. The summed E-state index contributed by atoms with van der Waals surface area (Å²) in [5.41, 5.74) is 7.24. The third kappa shape index (κ3) is 3.55. The summed E-state index contributed by atoms with van der Waals surface area (Å²) in [5, 5.41) is 0. The molecular formula is C15H24N2O. The molecule has 100 valence electrons. The Morgan fingerprint density at radius 3 is 2.67 bits per heavy atom. The summed E-state index contributed by atoms with van der Waals surface area (Å²) in [7, 11) is 0. The van der Waals surface area contributed by atoms with Gasteiger partial charge in [-0.05, 0) is 19.4 Å². The van der Waals surface area contributed by atoms with Crippen LogP contribution in [0.2, 0.25) is 0 Å². The molecule has 0 aromatic heterocycles. The predicted octanol–water partition coefficient (Wildman–Crippen LogP) is 1.84. The van der Waals surface area contributed by atoms with Gasteiger partial charge in [0.05, 0.1) is 12.2 Å². The fraction of sp³-hybridized carbons (Fsp3) is 0.600. The van der Waals surface area contributed by atoms with Crippen molar-refractivity contribution >= 4 is 0 Å². The second-order valence-electron chi connectivity index (χ2n) is 5.69. The van der Waals surface area contributed by atoms with Gasteiger partial charge in [0.25, 0.3) is 0 Å². The lowest BCUT2D eigenvalue weighted by atomic mass is 9.97. The van der Waals surface area contributed by atoms with E-state index in [1.165, 1.54) is 5.56 Å². The Bertz CT molecular complexity index is 364. The number of nitrogens with two attached hydrogens (primary N) is 1. The van der Waals surface area contributed by atoms with Gasteiger partial charge in [-0.3, -0.25) is 4.90 Å². The smallest absolute Gasteiger partial charge is 0.0753 e. The van der Waals surface area contributed by atoms with Crippen LogP contribution in [-0.2, 0) is 4.74 Å². The molecule has 1 aliphatic rings. The number of hydrogen-bond donors (Lipinski definition) is 1. The summed E-state index contributed by atoms with van der Waals surface area (Å²) in [4.78, 5) is 2.47. The number of ether oxygens (including phenoxy) is 1. The van der Waals surface area contributed by atoms with Gasteiger partial charge in [0, 0.05) is 32.1 Å². The van der Waals surface area contributed by atoms with Gasteiger partial charge in [-0.2, -0.15) is 0 Å². The Hall–Kier alpha value is -0.900. The lowest BCUT2D eigenvalue weighted by Gasteiger charge is -2.39. The minimum atomic E-state index is -0.0336. The maximum atomic E-state index is 5.93. The SMILES string of the molecule is CC1(C)CN(CC(CN)c2ccccc2)CCO1. The molecule has 1 aliphatic heterocycles. The van der Waals surface area contributed by atoms with E-state index in [2.05, 4.69) is 49.1 Å². The molecule has 3 heteroatoms. The highest BCUT2D eigenvalue weighted by Crippen LogP contribution is 2.21. The molecule has 1 aromatic carbocycles. The zero-order valence-electron chi connectivity index (χ0n) is 11.4. The van der Waals surface area contributed by atoms with Gasteiger partial charge in [0.1, 0.15) is 0 Å². The standard InChI is InChI=1S/C15H24N2O/c1-15(2)12-17(8-9-18-15)11-14(10-16)13-6-4-3-5-7-13/h3-7,14H,8-12,16H2,1-2H3. The molecule has 0 saturated carbocycles. The largest absolute Gasteiger partial charge is 0.373 e. The Labute approximate surface area is 110 Å². The topological polar surface area (TPSA) is 38.5 Å². The third-order valence-electron chi connectivity index (χ3n) is 3.54. The van der Waals surface area contributed by atoms with Crippen LogP contribution in [0.1, 0.15) is 25.3 Å². The van der Waals surface area contributed by atoms with E-state index in [4.69, 9.17) is 10.5 Å². The van der Waals surface area contributed by atoms with Crippen LogP contribution in [0.5, 0.6) is 0 Å². The second kappa shape index (κ2) is 5.83. The van der Waals surface area contributed by atoms with E-state index in [9.17, 15) is 0 Å². The average Bonchev–Trinajstić information content (AvgIpc) is 2.36. The van der Waals surface area contributed by atoms with E-state index in [1.807, 2.05) is 0 Å². The zero-order valence-corrected chi connectivity index (χ0v) is 11.4. The average molecular weight is 248 g/mol. The highest BCUT2D eigenvalue weighted by molar-refractivity contribution is 5.20. The van der Waals surface area contributed by atoms with Crippen molar-refractivity contribution in [1.82, 2.24) is 4.90 Å². The van der Waals surface area contributed by atoms with Crippen LogP contribution < -0.4 is 5.73 Å². The van der Waals surface area contributed by atoms with Crippen LogP contribution in [0, 0.1) is 0 Å². The number of rotatable bonds is 4. The van der Waals surface area contributed by atoms with Gasteiger partial charge < -0.3 is 10.5 Å². The fourth-order valence-corrected chi connectivity index (χ4v) is 2.62. The maximum Gasteiger partial charge on any atom is 0.0753 e. The van der Waals surface area contributed by atoms with Crippen LogP contribution in [0.25, 0.3) is 0 Å². The van der Waals surface area contributed by atoms with E-state index in [-0.39, 0.29) is 5.60 Å². The number of morpholine rings is 1. The number of hydrogen-bond acceptors (Lipinski definition) is 3.